The molecule has 2 aromatic heterocycles. The van der Waals surface area contributed by atoms with E-state index in [4.69, 9.17) is 4.42 Å². The molecule has 1 unspecified atom stereocenters. The lowest BCUT2D eigenvalue weighted by Crippen LogP contribution is -2.25. The normalized spacial score (nSPS) is 13.8. The van der Waals surface area contributed by atoms with Gasteiger partial charge in [0.2, 0.25) is 0 Å². The largest absolute Gasteiger partial charge is 0.468 e. The van der Waals surface area contributed by atoms with Crippen molar-refractivity contribution in [3.63, 3.8) is 0 Å². The Balaban J connectivity index is 1.90. The van der Waals surface area contributed by atoms with Crippen LogP contribution in [0.15, 0.2) is 77.7 Å². The van der Waals surface area contributed by atoms with Gasteiger partial charge in [-0.3, -0.25) is 10.3 Å². The van der Waals surface area contributed by atoms with E-state index in [1.165, 1.54) is 11.1 Å². The highest BCUT2D eigenvalue weighted by Crippen LogP contribution is 2.25. The van der Waals surface area contributed by atoms with Crippen molar-refractivity contribution in [2.75, 3.05) is 0 Å². The van der Waals surface area contributed by atoms with Gasteiger partial charge in [0, 0.05) is 12.4 Å². The molecule has 21 heavy (non-hydrogen) atoms. The lowest BCUT2D eigenvalue weighted by Gasteiger charge is -2.23. The van der Waals surface area contributed by atoms with E-state index in [9.17, 15) is 0 Å². The van der Waals surface area contributed by atoms with Gasteiger partial charge in [0.05, 0.1) is 18.3 Å². The van der Waals surface area contributed by atoms with Crippen LogP contribution in [0, 0.1) is 0 Å². The van der Waals surface area contributed by atoms with Gasteiger partial charge >= 0.3 is 0 Å². The smallest absolute Gasteiger partial charge is 0.120 e. The third-order valence-electron chi connectivity index (χ3n) is 3.56. The van der Waals surface area contributed by atoms with Gasteiger partial charge in [-0.15, -0.1) is 0 Å². The van der Waals surface area contributed by atoms with E-state index < -0.39 is 0 Å². The van der Waals surface area contributed by atoms with Crippen molar-refractivity contribution < 1.29 is 4.42 Å². The first-order valence-electron chi connectivity index (χ1n) is 7.09. The summed E-state index contributed by atoms with van der Waals surface area (Å²) in [4.78, 5) is 4.10. The number of benzene rings is 1. The highest BCUT2D eigenvalue weighted by Gasteiger charge is 2.18. The summed E-state index contributed by atoms with van der Waals surface area (Å²) in [5.74, 6) is 0.935. The maximum absolute atomic E-state index is 5.49. The summed E-state index contributed by atoms with van der Waals surface area (Å²) in [6.45, 7) is 2.11. The van der Waals surface area contributed by atoms with Crippen LogP contribution in [-0.4, -0.2) is 4.98 Å². The molecular weight excluding hydrogens is 260 g/mol. The minimum atomic E-state index is 0.106. The van der Waals surface area contributed by atoms with E-state index >= 15 is 0 Å². The Labute approximate surface area is 124 Å². The minimum Gasteiger partial charge on any atom is -0.468 e. The topological polar surface area (TPSA) is 38.1 Å². The second kappa shape index (κ2) is 6.37. The summed E-state index contributed by atoms with van der Waals surface area (Å²) in [7, 11) is 0. The van der Waals surface area contributed by atoms with Gasteiger partial charge in [-0.25, -0.2) is 0 Å². The summed E-state index contributed by atoms with van der Waals surface area (Å²) >= 11 is 0. The summed E-state index contributed by atoms with van der Waals surface area (Å²) in [6.07, 6.45) is 5.35. The summed E-state index contributed by atoms with van der Waals surface area (Å²) < 4.78 is 5.49. The van der Waals surface area contributed by atoms with Crippen LogP contribution in [0.2, 0.25) is 0 Å². The van der Waals surface area contributed by atoms with E-state index in [0.29, 0.717) is 0 Å². The molecule has 1 N–H and O–H groups in total. The number of pyridine rings is 1. The first-order chi connectivity index (χ1) is 10.3. The predicted octanol–water partition coefficient (Wildman–Crippen LogP) is 4.11. The molecule has 0 saturated carbocycles. The van der Waals surface area contributed by atoms with Gasteiger partial charge in [-0.2, -0.15) is 0 Å². The van der Waals surface area contributed by atoms with E-state index in [1.807, 2.05) is 42.7 Å². The molecule has 1 aromatic carbocycles. The van der Waals surface area contributed by atoms with E-state index in [0.717, 1.165) is 5.76 Å². The highest BCUT2D eigenvalue weighted by atomic mass is 16.3. The Hall–Kier alpha value is -2.39. The van der Waals surface area contributed by atoms with Crippen LogP contribution in [0.1, 0.15) is 35.9 Å². The lowest BCUT2D eigenvalue weighted by molar-refractivity contribution is 0.411. The molecule has 2 heterocycles. The predicted molar refractivity (Wildman–Crippen MR) is 82.8 cm³/mol. The first kappa shape index (κ1) is 13.6. The molecule has 0 saturated heterocycles. The van der Waals surface area contributed by atoms with Crippen molar-refractivity contribution in [3.05, 3.63) is 90.1 Å². The fraction of sp³-hybridized carbons (Fsp3) is 0.167. The average Bonchev–Trinajstić information content (AvgIpc) is 3.09. The van der Waals surface area contributed by atoms with Crippen LogP contribution in [0.25, 0.3) is 0 Å². The zero-order valence-electron chi connectivity index (χ0n) is 11.9. The minimum absolute atomic E-state index is 0.106. The Morgan fingerprint density at radius 2 is 1.62 bits per heavy atom. The summed E-state index contributed by atoms with van der Waals surface area (Å²) in [6, 6.07) is 18.6. The molecule has 3 aromatic rings. The molecule has 3 nitrogen and oxygen atoms in total. The SMILES string of the molecule is C[C@H](NC(c1ccccc1)c1ccncc1)c1ccco1. The maximum atomic E-state index is 5.49. The first-order valence-corrected chi connectivity index (χ1v) is 7.09. The fourth-order valence-corrected chi connectivity index (χ4v) is 2.46. The Bertz CT molecular complexity index is 611. The van der Waals surface area contributed by atoms with Crippen molar-refractivity contribution >= 4 is 0 Å². The quantitative estimate of drug-likeness (QED) is 0.763. The molecule has 3 rings (SSSR count). The molecule has 0 bridgehead atoms. The number of nitrogens with one attached hydrogen (secondary N) is 1. The Morgan fingerprint density at radius 1 is 0.905 bits per heavy atom. The molecule has 0 amide bonds. The van der Waals surface area contributed by atoms with E-state index in [1.54, 1.807) is 6.26 Å². The van der Waals surface area contributed by atoms with E-state index in [2.05, 4.69) is 41.5 Å². The Morgan fingerprint density at radius 3 is 2.29 bits per heavy atom. The van der Waals surface area contributed by atoms with Crippen molar-refractivity contribution in [1.29, 1.82) is 0 Å². The highest BCUT2D eigenvalue weighted by molar-refractivity contribution is 5.30. The number of nitrogens with zero attached hydrogens (tertiary/aromatic N) is 1. The summed E-state index contributed by atoms with van der Waals surface area (Å²) in [5, 5.41) is 3.63. The summed E-state index contributed by atoms with van der Waals surface area (Å²) in [5.41, 5.74) is 2.41. The van der Waals surface area contributed by atoms with Crippen LogP contribution in [-0.2, 0) is 0 Å². The number of hydrogen-bond donors (Lipinski definition) is 1. The van der Waals surface area contributed by atoms with Crippen LogP contribution in [0.4, 0.5) is 0 Å². The molecular formula is C18H18N2O. The number of rotatable bonds is 5. The van der Waals surface area contributed by atoms with Crippen molar-refractivity contribution in [2.45, 2.75) is 19.0 Å². The van der Waals surface area contributed by atoms with E-state index in [-0.39, 0.29) is 12.1 Å². The second-order valence-corrected chi connectivity index (χ2v) is 5.03. The lowest BCUT2D eigenvalue weighted by atomic mass is 9.98. The molecule has 0 aliphatic carbocycles. The average molecular weight is 278 g/mol. The van der Waals surface area contributed by atoms with Gasteiger partial charge in [-0.1, -0.05) is 30.3 Å². The third kappa shape index (κ3) is 3.20. The zero-order valence-corrected chi connectivity index (χ0v) is 11.9. The molecule has 0 aliphatic rings. The van der Waals surface area contributed by atoms with Crippen molar-refractivity contribution in [1.82, 2.24) is 10.3 Å². The number of aromatic nitrogens is 1. The molecule has 0 fully saturated rings. The van der Waals surface area contributed by atoms with Gasteiger partial charge in [0.15, 0.2) is 0 Å². The van der Waals surface area contributed by atoms with Gasteiger partial charge < -0.3 is 4.42 Å². The van der Waals surface area contributed by atoms with Crippen LogP contribution >= 0.6 is 0 Å². The standard InChI is InChI=1S/C18H18N2O/c1-14(17-8-5-13-21-17)20-18(15-6-3-2-4-7-15)16-9-11-19-12-10-16/h2-14,18,20H,1H3/t14-,18?/m0/s1. The molecule has 106 valence electrons. The third-order valence-corrected chi connectivity index (χ3v) is 3.56. The zero-order chi connectivity index (χ0) is 14.5. The monoisotopic (exact) mass is 278 g/mol. The van der Waals surface area contributed by atoms with Gasteiger partial charge in [0.1, 0.15) is 5.76 Å². The molecule has 0 aliphatic heterocycles. The second-order valence-electron chi connectivity index (χ2n) is 5.03. The van der Waals surface area contributed by atoms with Gasteiger partial charge in [0.25, 0.3) is 0 Å². The van der Waals surface area contributed by atoms with Crippen molar-refractivity contribution in [3.8, 4) is 0 Å². The van der Waals surface area contributed by atoms with Crippen LogP contribution < -0.4 is 5.32 Å². The van der Waals surface area contributed by atoms with Crippen LogP contribution in [0.3, 0.4) is 0 Å². The maximum Gasteiger partial charge on any atom is 0.120 e. The van der Waals surface area contributed by atoms with Crippen LogP contribution in [0.5, 0.6) is 0 Å². The number of furan rings is 1. The van der Waals surface area contributed by atoms with Crippen molar-refractivity contribution in [2.24, 2.45) is 0 Å². The fourth-order valence-electron chi connectivity index (χ4n) is 2.46. The molecule has 3 heteroatoms. The van der Waals surface area contributed by atoms with Gasteiger partial charge in [-0.05, 0) is 42.3 Å². The molecule has 2 atom stereocenters. The molecule has 0 spiro atoms. The Kier molecular flexibility index (Phi) is 4.12. The number of hydrogen-bond acceptors (Lipinski definition) is 3. The molecule has 0 radical (unpaired) electrons.